The van der Waals surface area contributed by atoms with Crippen molar-refractivity contribution in [3.05, 3.63) is 11.5 Å². The normalized spacial score (nSPS) is 9.64. The minimum absolute atomic E-state index is 0.213. The van der Waals surface area contributed by atoms with Crippen LogP contribution in [0.5, 0.6) is 0 Å². The predicted molar refractivity (Wildman–Crippen MR) is 55.0 cm³/mol. The van der Waals surface area contributed by atoms with Crippen LogP contribution in [0.1, 0.15) is 20.3 Å². The van der Waals surface area contributed by atoms with Crippen molar-refractivity contribution in [1.82, 2.24) is 0 Å². The molecule has 0 aromatic heterocycles. The number of hydrogen-bond acceptors (Lipinski definition) is 3. The molecule has 0 aliphatic carbocycles. The van der Waals surface area contributed by atoms with E-state index in [1.165, 1.54) is 11.8 Å². The number of rotatable bonds is 5. The van der Waals surface area contributed by atoms with E-state index >= 15 is 0 Å². The fourth-order valence-corrected chi connectivity index (χ4v) is 1.92. The Morgan fingerprint density at radius 3 is 2.27 bits per heavy atom. The fourth-order valence-electron chi connectivity index (χ4n) is 0.521. The number of thioether (sulfide) groups is 2. The highest BCUT2D eigenvalue weighted by Crippen LogP contribution is 2.14. The van der Waals surface area contributed by atoms with E-state index in [0.29, 0.717) is 0 Å². The average molecular weight is 190 g/mol. The second-order valence-corrected chi connectivity index (χ2v) is 4.91. The molecule has 0 N–H and O–H groups in total. The first-order valence-corrected chi connectivity index (χ1v) is 5.51. The maximum Gasteiger partial charge on any atom is 0.185 e. The molecule has 0 saturated carbocycles. The molecule has 0 spiro atoms. The summed E-state index contributed by atoms with van der Waals surface area (Å²) in [5.74, 6) is 2.02. The first-order valence-electron chi connectivity index (χ1n) is 3.54. The Kier molecular flexibility index (Phi) is 6.87. The monoisotopic (exact) mass is 190 g/mol. The molecule has 0 unspecified atom stereocenters. The molecule has 0 heterocycles. The van der Waals surface area contributed by atoms with Gasteiger partial charge in [-0.1, -0.05) is 18.3 Å². The summed E-state index contributed by atoms with van der Waals surface area (Å²) in [7, 11) is 0. The van der Waals surface area contributed by atoms with Crippen LogP contribution < -0.4 is 0 Å². The third-order valence-electron chi connectivity index (χ3n) is 0.942. The summed E-state index contributed by atoms with van der Waals surface area (Å²) in [6.45, 7) is 7.39. The lowest BCUT2D eigenvalue weighted by atomic mass is 10.6. The zero-order valence-corrected chi connectivity index (χ0v) is 8.69. The van der Waals surface area contributed by atoms with Crippen LogP contribution in [0.25, 0.3) is 0 Å². The van der Waals surface area contributed by atoms with Crippen molar-refractivity contribution in [1.29, 1.82) is 0 Å². The highest BCUT2D eigenvalue weighted by molar-refractivity contribution is 8.13. The van der Waals surface area contributed by atoms with Gasteiger partial charge >= 0.3 is 0 Å². The van der Waals surface area contributed by atoms with Gasteiger partial charge < -0.3 is 0 Å². The lowest BCUT2D eigenvalue weighted by Gasteiger charge is -1.97. The summed E-state index contributed by atoms with van der Waals surface area (Å²) in [4.78, 5) is 11.6. The fraction of sp³-hybridized carbons (Fsp3) is 0.625. The molecule has 0 atom stereocenters. The molecular weight excluding hydrogens is 176 g/mol. The highest BCUT2D eigenvalue weighted by atomic mass is 32.2. The average Bonchev–Trinajstić information content (AvgIpc) is 1.85. The highest BCUT2D eigenvalue weighted by Gasteiger charge is 1.93. The Labute approximate surface area is 77.0 Å². The van der Waals surface area contributed by atoms with Gasteiger partial charge in [0.1, 0.15) is 0 Å². The molecule has 0 fully saturated rings. The summed E-state index contributed by atoms with van der Waals surface area (Å²) in [5, 5.41) is 0.213. The SMILES string of the molecule is C=C(C)SCCCSC(C)=O. The summed E-state index contributed by atoms with van der Waals surface area (Å²) in [5.41, 5.74) is 0. The van der Waals surface area contributed by atoms with Gasteiger partial charge in [0.05, 0.1) is 0 Å². The van der Waals surface area contributed by atoms with Gasteiger partial charge in [0.2, 0.25) is 0 Å². The maximum atomic E-state index is 10.5. The Bertz CT molecular complexity index is 127. The standard InChI is InChI=1S/C8H14OS2/c1-7(2)10-5-4-6-11-8(3)9/h1,4-6H2,2-3H3. The molecule has 0 aliphatic heterocycles. The van der Waals surface area contributed by atoms with Crippen molar-refractivity contribution in [2.45, 2.75) is 20.3 Å². The number of allylic oxidation sites excluding steroid dienone is 1. The minimum Gasteiger partial charge on any atom is -0.288 e. The quantitative estimate of drug-likeness (QED) is 0.620. The van der Waals surface area contributed by atoms with E-state index in [-0.39, 0.29) is 5.12 Å². The molecule has 0 aromatic carbocycles. The van der Waals surface area contributed by atoms with Gasteiger partial charge in [0.25, 0.3) is 0 Å². The van der Waals surface area contributed by atoms with Crippen LogP contribution in [0.3, 0.4) is 0 Å². The van der Waals surface area contributed by atoms with Crippen molar-refractivity contribution < 1.29 is 4.79 Å². The van der Waals surface area contributed by atoms with Crippen LogP contribution >= 0.6 is 23.5 Å². The van der Waals surface area contributed by atoms with Crippen LogP contribution in [-0.2, 0) is 4.79 Å². The summed E-state index contributed by atoms with van der Waals surface area (Å²) in [6.07, 6.45) is 1.09. The first kappa shape index (κ1) is 11.1. The van der Waals surface area contributed by atoms with Gasteiger partial charge in [-0.3, -0.25) is 4.79 Å². The van der Waals surface area contributed by atoms with Crippen LogP contribution in [0, 0.1) is 0 Å². The lowest BCUT2D eigenvalue weighted by Crippen LogP contribution is -1.88. The van der Waals surface area contributed by atoms with Gasteiger partial charge in [0, 0.05) is 12.7 Å². The molecule has 0 radical (unpaired) electrons. The van der Waals surface area contributed by atoms with E-state index in [2.05, 4.69) is 6.58 Å². The molecule has 0 rings (SSSR count). The van der Waals surface area contributed by atoms with Gasteiger partial charge in [-0.2, -0.15) is 0 Å². The molecule has 0 saturated heterocycles. The second-order valence-electron chi connectivity index (χ2n) is 2.24. The molecule has 11 heavy (non-hydrogen) atoms. The smallest absolute Gasteiger partial charge is 0.185 e. The number of hydrogen-bond donors (Lipinski definition) is 0. The first-order chi connectivity index (χ1) is 5.13. The van der Waals surface area contributed by atoms with Crippen LogP contribution in [0.4, 0.5) is 0 Å². The third kappa shape index (κ3) is 10.1. The molecule has 0 aliphatic rings. The van der Waals surface area contributed by atoms with Crippen molar-refractivity contribution >= 4 is 28.6 Å². The van der Waals surface area contributed by atoms with Gasteiger partial charge in [-0.25, -0.2) is 0 Å². The Hall–Kier alpha value is 0.110. The number of carbonyl (C=O) groups excluding carboxylic acids is 1. The molecule has 1 nitrogen and oxygen atoms in total. The summed E-state index contributed by atoms with van der Waals surface area (Å²) >= 11 is 3.16. The molecule has 0 amide bonds. The minimum atomic E-state index is 0.213. The summed E-state index contributed by atoms with van der Waals surface area (Å²) in [6, 6.07) is 0. The van der Waals surface area contributed by atoms with Gasteiger partial charge in [0.15, 0.2) is 5.12 Å². The predicted octanol–water partition coefficient (Wildman–Crippen LogP) is 2.92. The van der Waals surface area contributed by atoms with Crippen molar-refractivity contribution in [3.63, 3.8) is 0 Å². The molecule has 64 valence electrons. The number of carbonyl (C=O) groups is 1. The van der Waals surface area contributed by atoms with Crippen LogP contribution in [-0.4, -0.2) is 16.6 Å². The van der Waals surface area contributed by atoms with Crippen molar-refractivity contribution in [2.75, 3.05) is 11.5 Å². The van der Waals surface area contributed by atoms with Crippen LogP contribution in [0.2, 0.25) is 0 Å². The maximum absolute atomic E-state index is 10.5. The Morgan fingerprint density at radius 2 is 1.82 bits per heavy atom. The van der Waals surface area contributed by atoms with E-state index in [0.717, 1.165) is 22.8 Å². The van der Waals surface area contributed by atoms with Gasteiger partial charge in [-0.05, 0) is 24.0 Å². The van der Waals surface area contributed by atoms with E-state index in [4.69, 9.17) is 0 Å². The second kappa shape index (κ2) is 6.80. The zero-order chi connectivity index (χ0) is 8.69. The van der Waals surface area contributed by atoms with Crippen molar-refractivity contribution in [3.8, 4) is 0 Å². The zero-order valence-electron chi connectivity index (χ0n) is 7.05. The van der Waals surface area contributed by atoms with Gasteiger partial charge in [-0.15, -0.1) is 11.8 Å². The van der Waals surface area contributed by atoms with Crippen molar-refractivity contribution in [2.24, 2.45) is 0 Å². The molecule has 0 bridgehead atoms. The molecule has 0 aromatic rings. The Balaban J connectivity index is 3.03. The van der Waals surface area contributed by atoms with E-state index in [9.17, 15) is 4.79 Å². The van der Waals surface area contributed by atoms with E-state index in [1.807, 2.05) is 6.92 Å². The molecule has 3 heteroatoms. The lowest BCUT2D eigenvalue weighted by molar-refractivity contribution is -0.109. The largest absolute Gasteiger partial charge is 0.288 e. The van der Waals surface area contributed by atoms with E-state index in [1.54, 1.807) is 18.7 Å². The third-order valence-corrected chi connectivity index (χ3v) is 2.83. The van der Waals surface area contributed by atoms with E-state index < -0.39 is 0 Å². The topological polar surface area (TPSA) is 17.1 Å². The molecular formula is C8H14OS2. The summed E-state index contributed by atoms with van der Waals surface area (Å²) < 4.78 is 0. The Morgan fingerprint density at radius 1 is 1.27 bits per heavy atom. The van der Waals surface area contributed by atoms with Crippen LogP contribution in [0.15, 0.2) is 11.5 Å².